The van der Waals surface area contributed by atoms with E-state index in [2.05, 4.69) is 17.1 Å². The van der Waals surface area contributed by atoms with Crippen molar-refractivity contribution in [1.82, 2.24) is 10.2 Å². The first kappa shape index (κ1) is 13.4. The Hall–Kier alpha value is -1.06. The van der Waals surface area contributed by atoms with Gasteiger partial charge in [0, 0.05) is 19.1 Å². The van der Waals surface area contributed by atoms with E-state index in [0.717, 1.165) is 19.6 Å². The third-order valence-electron chi connectivity index (χ3n) is 3.68. The van der Waals surface area contributed by atoms with Crippen molar-refractivity contribution in [2.45, 2.75) is 38.8 Å². The van der Waals surface area contributed by atoms with Gasteiger partial charge in [-0.25, -0.2) is 0 Å². The number of likely N-dealkylation sites (N-methyl/N-ethyl adjacent to an activating group) is 1. The lowest BCUT2D eigenvalue weighted by atomic mass is 10.0. The van der Waals surface area contributed by atoms with Gasteiger partial charge in [0.15, 0.2) is 0 Å². The molecule has 1 fully saturated rings. The zero-order chi connectivity index (χ0) is 12.8. The number of piperidine rings is 1. The molecular formula is C15H24N2O. The van der Waals surface area contributed by atoms with Crippen LogP contribution in [0.3, 0.4) is 0 Å². The van der Waals surface area contributed by atoms with Crippen molar-refractivity contribution >= 4 is 0 Å². The van der Waals surface area contributed by atoms with Gasteiger partial charge >= 0.3 is 0 Å². The number of hydrogen-bond acceptors (Lipinski definition) is 3. The van der Waals surface area contributed by atoms with Crippen molar-refractivity contribution in [2.24, 2.45) is 0 Å². The second kappa shape index (κ2) is 6.76. The SMILES string of the molecule is CCN(Cc1ccc(O)cc1)CC1CCCCN1. The summed E-state index contributed by atoms with van der Waals surface area (Å²) in [6, 6.07) is 8.19. The van der Waals surface area contributed by atoms with Crippen molar-refractivity contribution in [3.8, 4) is 5.75 Å². The minimum atomic E-state index is 0.343. The molecule has 1 aromatic rings. The van der Waals surface area contributed by atoms with Crippen LogP contribution < -0.4 is 5.32 Å². The van der Waals surface area contributed by atoms with Crippen LogP contribution in [-0.4, -0.2) is 35.7 Å². The van der Waals surface area contributed by atoms with Crippen LogP contribution in [0.15, 0.2) is 24.3 Å². The topological polar surface area (TPSA) is 35.5 Å². The smallest absolute Gasteiger partial charge is 0.115 e. The number of nitrogens with zero attached hydrogens (tertiary/aromatic N) is 1. The largest absolute Gasteiger partial charge is 0.508 e. The summed E-state index contributed by atoms with van der Waals surface area (Å²) in [5.41, 5.74) is 1.27. The van der Waals surface area contributed by atoms with E-state index < -0.39 is 0 Å². The van der Waals surface area contributed by atoms with Crippen LogP contribution in [0.25, 0.3) is 0 Å². The summed E-state index contributed by atoms with van der Waals surface area (Å²) in [6.45, 7) is 6.54. The molecule has 0 spiro atoms. The van der Waals surface area contributed by atoms with Crippen LogP contribution in [-0.2, 0) is 6.54 Å². The van der Waals surface area contributed by atoms with Crippen molar-refractivity contribution < 1.29 is 5.11 Å². The summed E-state index contributed by atoms with van der Waals surface area (Å²) < 4.78 is 0. The van der Waals surface area contributed by atoms with Gasteiger partial charge < -0.3 is 10.4 Å². The predicted molar refractivity (Wildman–Crippen MR) is 74.7 cm³/mol. The first-order chi connectivity index (χ1) is 8.78. The van der Waals surface area contributed by atoms with Gasteiger partial charge in [-0.1, -0.05) is 25.5 Å². The molecule has 0 aliphatic carbocycles. The summed E-state index contributed by atoms with van der Waals surface area (Å²) in [6.07, 6.45) is 3.97. The Kier molecular flexibility index (Phi) is 5.02. The van der Waals surface area contributed by atoms with Gasteiger partial charge in [0.1, 0.15) is 5.75 Å². The Morgan fingerprint density at radius 3 is 2.67 bits per heavy atom. The fourth-order valence-corrected chi connectivity index (χ4v) is 2.56. The number of rotatable bonds is 5. The van der Waals surface area contributed by atoms with E-state index in [4.69, 9.17) is 0 Å². The van der Waals surface area contributed by atoms with E-state index >= 15 is 0 Å². The molecule has 1 aromatic carbocycles. The molecule has 0 bridgehead atoms. The molecule has 2 rings (SSSR count). The van der Waals surface area contributed by atoms with Crippen LogP contribution in [0.5, 0.6) is 5.75 Å². The van der Waals surface area contributed by atoms with Crippen LogP contribution in [0, 0.1) is 0 Å². The van der Waals surface area contributed by atoms with Crippen LogP contribution >= 0.6 is 0 Å². The monoisotopic (exact) mass is 248 g/mol. The molecule has 1 atom stereocenters. The van der Waals surface area contributed by atoms with Gasteiger partial charge in [-0.05, 0) is 43.6 Å². The lowest BCUT2D eigenvalue weighted by Gasteiger charge is -2.30. The van der Waals surface area contributed by atoms with Crippen LogP contribution in [0.1, 0.15) is 31.7 Å². The average Bonchev–Trinajstić information content (AvgIpc) is 2.41. The molecule has 3 heteroatoms. The molecule has 0 amide bonds. The van der Waals surface area contributed by atoms with Gasteiger partial charge in [0.05, 0.1) is 0 Å². The van der Waals surface area contributed by atoms with Gasteiger partial charge in [-0.3, -0.25) is 4.90 Å². The fraction of sp³-hybridized carbons (Fsp3) is 0.600. The van der Waals surface area contributed by atoms with Gasteiger partial charge in [-0.2, -0.15) is 0 Å². The lowest BCUT2D eigenvalue weighted by Crippen LogP contribution is -2.43. The highest BCUT2D eigenvalue weighted by atomic mass is 16.3. The Morgan fingerprint density at radius 1 is 1.28 bits per heavy atom. The molecule has 1 unspecified atom stereocenters. The summed E-state index contributed by atoms with van der Waals surface area (Å²) >= 11 is 0. The average molecular weight is 248 g/mol. The summed E-state index contributed by atoms with van der Waals surface area (Å²) in [5.74, 6) is 0.343. The first-order valence-electron chi connectivity index (χ1n) is 7.01. The van der Waals surface area contributed by atoms with E-state index in [1.54, 1.807) is 12.1 Å². The second-order valence-electron chi connectivity index (χ2n) is 5.14. The summed E-state index contributed by atoms with van der Waals surface area (Å²) in [4.78, 5) is 2.47. The molecule has 3 nitrogen and oxygen atoms in total. The number of phenols is 1. The second-order valence-corrected chi connectivity index (χ2v) is 5.14. The Labute approximate surface area is 110 Å². The minimum absolute atomic E-state index is 0.343. The molecule has 0 radical (unpaired) electrons. The number of phenolic OH excluding ortho intramolecular Hbond substituents is 1. The molecule has 0 aromatic heterocycles. The quantitative estimate of drug-likeness (QED) is 0.839. The van der Waals surface area contributed by atoms with E-state index in [9.17, 15) is 5.11 Å². The standard InChI is InChI=1S/C15H24N2O/c1-2-17(12-14-5-3-4-10-16-14)11-13-6-8-15(18)9-7-13/h6-9,14,16,18H,2-5,10-12H2,1H3. The summed E-state index contributed by atoms with van der Waals surface area (Å²) in [5, 5.41) is 12.9. The minimum Gasteiger partial charge on any atom is -0.508 e. The zero-order valence-corrected chi connectivity index (χ0v) is 11.2. The maximum atomic E-state index is 9.29. The third-order valence-corrected chi connectivity index (χ3v) is 3.68. The Bertz CT molecular complexity index is 344. The maximum Gasteiger partial charge on any atom is 0.115 e. The molecule has 100 valence electrons. The lowest BCUT2D eigenvalue weighted by molar-refractivity contribution is 0.226. The van der Waals surface area contributed by atoms with Crippen LogP contribution in [0.2, 0.25) is 0 Å². The van der Waals surface area contributed by atoms with Crippen molar-refractivity contribution in [3.05, 3.63) is 29.8 Å². The fourth-order valence-electron chi connectivity index (χ4n) is 2.56. The van der Waals surface area contributed by atoms with Gasteiger partial charge in [0.25, 0.3) is 0 Å². The summed E-state index contributed by atoms with van der Waals surface area (Å²) in [7, 11) is 0. The van der Waals surface area contributed by atoms with E-state index in [0.29, 0.717) is 11.8 Å². The van der Waals surface area contributed by atoms with E-state index in [1.165, 1.54) is 31.4 Å². The number of hydrogen-bond donors (Lipinski definition) is 2. The van der Waals surface area contributed by atoms with E-state index in [1.807, 2.05) is 12.1 Å². The highest BCUT2D eigenvalue weighted by molar-refractivity contribution is 5.25. The number of nitrogens with one attached hydrogen (secondary N) is 1. The molecule has 1 aliphatic heterocycles. The highest BCUT2D eigenvalue weighted by Gasteiger charge is 2.15. The van der Waals surface area contributed by atoms with Crippen molar-refractivity contribution in [3.63, 3.8) is 0 Å². The van der Waals surface area contributed by atoms with Crippen LogP contribution in [0.4, 0.5) is 0 Å². The number of aromatic hydroxyl groups is 1. The van der Waals surface area contributed by atoms with Crippen molar-refractivity contribution in [1.29, 1.82) is 0 Å². The Morgan fingerprint density at radius 2 is 2.06 bits per heavy atom. The molecule has 0 saturated carbocycles. The molecule has 18 heavy (non-hydrogen) atoms. The predicted octanol–water partition coefficient (Wildman–Crippen LogP) is 2.36. The maximum absolute atomic E-state index is 9.29. The molecule has 1 saturated heterocycles. The first-order valence-corrected chi connectivity index (χ1v) is 7.01. The van der Waals surface area contributed by atoms with Gasteiger partial charge in [-0.15, -0.1) is 0 Å². The highest BCUT2D eigenvalue weighted by Crippen LogP contribution is 2.13. The molecular weight excluding hydrogens is 224 g/mol. The zero-order valence-electron chi connectivity index (χ0n) is 11.2. The number of benzene rings is 1. The van der Waals surface area contributed by atoms with Crippen molar-refractivity contribution in [2.75, 3.05) is 19.6 Å². The van der Waals surface area contributed by atoms with E-state index in [-0.39, 0.29) is 0 Å². The molecule has 1 heterocycles. The Balaban J connectivity index is 1.86. The normalized spacial score (nSPS) is 20.2. The third kappa shape index (κ3) is 4.00. The van der Waals surface area contributed by atoms with Gasteiger partial charge in [0.2, 0.25) is 0 Å². The molecule has 1 aliphatic rings. The molecule has 2 N–H and O–H groups in total.